The Morgan fingerprint density at radius 3 is 2.65 bits per heavy atom. The molecule has 0 aliphatic carbocycles. The maximum atomic E-state index is 12.0. The van der Waals surface area contributed by atoms with Crippen LogP contribution < -0.4 is 9.46 Å². The number of carboxylic acid groups (broad SMARTS) is 1. The lowest BCUT2D eigenvalue weighted by Crippen LogP contribution is -2.27. The summed E-state index contributed by atoms with van der Waals surface area (Å²) >= 11 is 0. The summed E-state index contributed by atoms with van der Waals surface area (Å²) in [6, 6.07) is 4.47. The number of sulfonamides is 1. The Kier molecular flexibility index (Phi) is 5.93. The number of benzene rings is 1. The van der Waals surface area contributed by atoms with Crippen molar-refractivity contribution in [3.63, 3.8) is 0 Å². The third-order valence-corrected chi connectivity index (χ3v) is 4.03. The molecule has 0 radical (unpaired) electrons. The van der Waals surface area contributed by atoms with Crippen molar-refractivity contribution in [2.45, 2.75) is 17.7 Å². The lowest BCUT2D eigenvalue weighted by Gasteiger charge is -2.11. The number of aliphatic carboxylic acids is 1. The van der Waals surface area contributed by atoms with E-state index in [9.17, 15) is 13.2 Å². The van der Waals surface area contributed by atoms with Crippen LogP contribution in [-0.2, 0) is 21.2 Å². The zero-order chi connectivity index (χ0) is 15.2. The molecule has 0 spiro atoms. The second-order valence-corrected chi connectivity index (χ2v) is 5.74. The summed E-state index contributed by atoms with van der Waals surface area (Å²) in [4.78, 5) is 10.5. The van der Waals surface area contributed by atoms with Gasteiger partial charge in [-0.2, -0.15) is 0 Å². The van der Waals surface area contributed by atoms with E-state index < -0.39 is 16.0 Å². The Bertz CT molecular complexity index is 569. The number of carboxylic acids is 1. The van der Waals surface area contributed by atoms with Gasteiger partial charge in [-0.05, 0) is 24.1 Å². The van der Waals surface area contributed by atoms with Gasteiger partial charge in [0.15, 0.2) is 0 Å². The van der Waals surface area contributed by atoms with Gasteiger partial charge >= 0.3 is 5.97 Å². The van der Waals surface area contributed by atoms with E-state index in [1.54, 1.807) is 6.07 Å². The number of aryl methyl sites for hydroxylation is 1. The van der Waals surface area contributed by atoms with Crippen LogP contribution >= 0.6 is 0 Å². The van der Waals surface area contributed by atoms with Gasteiger partial charge in [0, 0.05) is 13.0 Å². The fraction of sp³-hybridized carbons (Fsp3) is 0.417. The molecule has 0 saturated carbocycles. The molecule has 0 amide bonds. The van der Waals surface area contributed by atoms with Gasteiger partial charge in [-0.3, -0.25) is 4.79 Å². The Labute approximate surface area is 117 Å². The highest BCUT2D eigenvalue weighted by molar-refractivity contribution is 7.89. The minimum atomic E-state index is -3.81. The van der Waals surface area contributed by atoms with Crippen molar-refractivity contribution in [2.75, 3.05) is 20.3 Å². The molecular formula is C12H17NO6S. The standard InChI is InChI=1S/C12H17NO6S/c1-19-10-4-2-9(3-5-12(15)16)8-11(10)20(17,18)13-6-7-14/h2,4,8,13-14H,3,5-7H2,1H3,(H,15,16). The van der Waals surface area contributed by atoms with Crippen LogP contribution in [0.15, 0.2) is 23.1 Å². The SMILES string of the molecule is COc1ccc(CCC(=O)O)cc1S(=O)(=O)NCCO. The second kappa shape index (κ2) is 7.22. The maximum Gasteiger partial charge on any atom is 0.303 e. The highest BCUT2D eigenvalue weighted by atomic mass is 32.2. The van der Waals surface area contributed by atoms with Gasteiger partial charge in [-0.25, -0.2) is 13.1 Å². The van der Waals surface area contributed by atoms with E-state index in [1.165, 1.54) is 19.2 Å². The lowest BCUT2D eigenvalue weighted by atomic mass is 10.1. The predicted octanol–water partition coefficient (Wildman–Crippen LogP) is -0.0170. The first-order valence-electron chi connectivity index (χ1n) is 5.90. The number of rotatable bonds is 8. The van der Waals surface area contributed by atoms with E-state index in [4.69, 9.17) is 14.9 Å². The molecule has 0 aromatic heterocycles. The fourth-order valence-corrected chi connectivity index (χ4v) is 2.83. The zero-order valence-electron chi connectivity index (χ0n) is 11.0. The first kappa shape index (κ1) is 16.4. The summed E-state index contributed by atoms with van der Waals surface area (Å²) in [6.07, 6.45) is 0.137. The van der Waals surface area contributed by atoms with Crippen LogP contribution in [0.1, 0.15) is 12.0 Å². The van der Waals surface area contributed by atoms with Crippen molar-refractivity contribution < 1.29 is 28.2 Å². The highest BCUT2D eigenvalue weighted by Gasteiger charge is 2.19. The monoisotopic (exact) mass is 303 g/mol. The van der Waals surface area contributed by atoms with Crippen LogP contribution in [0.3, 0.4) is 0 Å². The molecule has 0 aliphatic rings. The largest absolute Gasteiger partial charge is 0.495 e. The van der Waals surface area contributed by atoms with Gasteiger partial charge in [-0.15, -0.1) is 0 Å². The number of hydrogen-bond acceptors (Lipinski definition) is 5. The first-order chi connectivity index (χ1) is 9.40. The Balaban J connectivity index is 3.08. The van der Waals surface area contributed by atoms with Crippen molar-refractivity contribution in [2.24, 2.45) is 0 Å². The molecule has 7 nitrogen and oxygen atoms in total. The number of ether oxygens (including phenoxy) is 1. The summed E-state index contributed by atoms with van der Waals surface area (Å²) in [5.41, 5.74) is 0.581. The van der Waals surface area contributed by atoms with Gasteiger partial charge in [-0.1, -0.05) is 6.07 Å². The predicted molar refractivity (Wildman–Crippen MR) is 71.2 cm³/mol. The molecular weight excluding hydrogens is 286 g/mol. The van der Waals surface area contributed by atoms with Crippen molar-refractivity contribution in [3.8, 4) is 5.75 Å². The van der Waals surface area contributed by atoms with E-state index >= 15 is 0 Å². The van der Waals surface area contributed by atoms with Gasteiger partial charge < -0.3 is 14.9 Å². The molecule has 0 bridgehead atoms. The number of methoxy groups -OCH3 is 1. The molecule has 1 aromatic rings. The second-order valence-electron chi connectivity index (χ2n) is 4.00. The van der Waals surface area contributed by atoms with E-state index in [2.05, 4.69) is 4.72 Å². The van der Waals surface area contributed by atoms with Crippen LogP contribution in [0.2, 0.25) is 0 Å². The maximum absolute atomic E-state index is 12.0. The summed E-state index contributed by atoms with van der Waals surface area (Å²) in [7, 11) is -2.46. The van der Waals surface area contributed by atoms with Crippen LogP contribution in [0.25, 0.3) is 0 Å². The van der Waals surface area contributed by atoms with E-state index in [1.807, 2.05) is 0 Å². The van der Waals surface area contributed by atoms with Gasteiger partial charge in [0.1, 0.15) is 10.6 Å². The third kappa shape index (κ3) is 4.48. The third-order valence-electron chi connectivity index (χ3n) is 2.55. The minimum absolute atomic E-state index is 0.0728. The van der Waals surface area contributed by atoms with Gasteiger partial charge in [0.2, 0.25) is 10.0 Å². The van der Waals surface area contributed by atoms with Crippen LogP contribution in [0.4, 0.5) is 0 Å². The van der Waals surface area contributed by atoms with E-state index in [0.717, 1.165) is 0 Å². The molecule has 0 fully saturated rings. The summed E-state index contributed by atoms with van der Waals surface area (Å²) in [5.74, 6) is -0.793. The van der Waals surface area contributed by atoms with Crippen LogP contribution in [0, 0.1) is 0 Å². The van der Waals surface area contributed by atoms with E-state index in [-0.39, 0.29) is 36.6 Å². The topological polar surface area (TPSA) is 113 Å². The molecule has 112 valence electrons. The molecule has 20 heavy (non-hydrogen) atoms. The average Bonchev–Trinajstić information content (AvgIpc) is 2.42. The smallest absolute Gasteiger partial charge is 0.303 e. The van der Waals surface area contributed by atoms with E-state index in [0.29, 0.717) is 5.56 Å². The molecule has 0 aliphatic heterocycles. The Morgan fingerprint density at radius 2 is 2.10 bits per heavy atom. The fourth-order valence-electron chi connectivity index (χ4n) is 1.60. The molecule has 0 saturated heterocycles. The van der Waals surface area contributed by atoms with Gasteiger partial charge in [0.25, 0.3) is 0 Å². The Morgan fingerprint density at radius 1 is 1.40 bits per heavy atom. The average molecular weight is 303 g/mol. The zero-order valence-corrected chi connectivity index (χ0v) is 11.8. The summed E-state index contributed by atoms with van der Waals surface area (Å²) < 4.78 is 31.3. The van der Waals surface area contributed by atoms with Crippen molar-refractivity contribution in [1.29, 1.82) is 0 Å². The molecule has 8 heteroatoms. The Hall–Kier alpha value is -1.64. The summed E-state index contributed by atoms with van der Waals surface area (Å²) in [6.45, 7) is -0.426. The first-order valence-corrected chi connectivity index (χ1v) is 7.38. The molecule has 1 rings (SSSR count). The molecule has 1 aromatic carbocycles. The highest BCUT2D eigenvalue weighted by Crippen LogP contribution is 2.25. The molecule has 3 N–H and O–H groups in total. The van der Waals surface area contributed by atoms with Crippen molar-refractivity contribution in [1.82, 2.24) is 4.72 Å². The number of aliphatic hydroxyl groups is 1. The number of nitrogens with one attached hydrogen (secondary N) is 1. The summed E-state index contributed by atoms with van der Waals surface area (Å²) in [5, 5.41) is 17.3. The minimum Gasteiger partial charge on any atom is -0.495 e. The van der Waals surface area contributed by atoms with Gasteiger partial charge in [0.05, 0.1) is 13.7 Å². The van der Waals surface area contributed by atoms with Crippen molar-refractivity contribution in [3.05, 3.63) is 23.8 Å². The normalized spacial score (nSPS) is 11.3. The lowest BCUT2D eigenvalue weighted by molar-refractivity contribution is -0.136. The van der Waals surface area contributed by atoms with Crippen LogP contribution in [0.5, 0.6) is 5.75 Å². The molecule has 0 unspecified atom stereocenters. The number of hydrogen-bond donors (Lipinski definition) is 3. The van der Waals surface area contributed by atoms with Crippen molar-refractivity contribution >= 4 is 16.0 Å². The van der Waals surface area contributed by atoms with Crippen LogP contribution in [-0.4, -0.2) is 44.9 Å². The number of carbonyl (C=O) groups is 1. The quantitative estimate of drug-likeness (QED) is 0.622. The number of aliphatic hydroxyl groups excluding tert-OH is 1. The molecule has 0 heterocycles. The molecule has 0 atom stereocenters.